The summed E-state index contributed by atoms with van der Waals surface area (Å²) in [6.45, 7) is 1.99. The lowest BCUT2D eigenvalue weighted by Gasteiger charge is -2.18. The first-order valence-corrected chi connectivity index (χ1v) is 7.69. The minimum Gasteiger partial charge on any atom is -0.348 e. The molecule has 2 aromatic carbocycles. The fraction of sp³-hybridized carbons (Fsp3) is 0.235. The molecule has 128 valence electrons. The molecule has 1 aliphatic carbocycles. The molecule has 3 rings (SSSR count). The summed E-state index contributed by atoms with van der Waals surface area (Å²) in [6, 6.07) is 10.6. The Balaban J connectivity index is 1.85. The molecule has 2 atom stereocenters. The summed E-state index contributed by atoms with van der Waals surface area (Å²) in [5, 5.41) is 24.7. The molecule has 8 nitrogen and oxygen atoms in total. The Morgan fingerprint density at radius 3 is 2.24 bits per heavy atom. The van der Waals surface area contributed by atoms with Crippen molar-refractivity contribution in [1.29, 1.82) is 0 Å². The van der Waals surface area contributed by atoms with Crippen molar-refractivity contribution >= 4 is 17.3 Å². The van der Waals surface area contributed by atoms with E-state index in [1.54, 1.807) is 0 Å². The quantitative estimate of drug-likeness (QED) is 0.678. The number of hydrogen-bond acceptors (Lipinski definition) is 5. The van der Waals surface area contributed by atoms with Crippen LogP contribution in [0.15, 0.2) is 42.5 Å². The zero-order chi connectivity index (χ0) is 18.1. The number of hydrogen-bond donors (Lipinski definition) is 1. The van der Waals surface area contributed by atoms with E-state index in [0.717, 1.165) is 29.3 Å². The second kappa shape index (κ2) is 6.31. The summed E-state index contributed by atoms with van der Waals surface area (Å²) >= 11 is 0. The Bertz CT molecular complexity index is 848. The fourth-order valence-corrected chi connectivity index (χ4v) is 3.16. The Hall–Kier alpha value is -3.29. The normalized spacial score (nSPS) is 18.4. The second-order valence-corrected chi connectivity index (χ2v) is 6.02. The molecule has 0 radical (unpaired) electrons. The number of amides is 1. The van der Waals surface area contributed by atoms with Crippen LogP contribution in [-0.4, -0.2) is 21.8 Å². The van der Waals surface area contributed by atoms with Gasteiger partial charge in [-0.1, -0.05) is 31.2 Å². The van der Waals surface area contributed by atoms with Gasteiger partial charge in [0.05, 0.1) is 21.5 Å². The zero-order valence-corrected chi connectivity index (χ0v) is 13.3. The van der Waals surface area contributed by atoms with Gasteiger partial charge < -0.3 is 5.32 Å². The van der Waals surface area contributed by atoms with Crippen molar-refractivity contribution in [1.82, 2.24) is 5.32 Å². The maximum absolute atomic E-state index is 12.5. The van der Waals surface area contributed by atoms with Gasteiger partial charge in [-0.3, -0.25) is 25.0 Å². The topological polar surface area (TPSA) is 115 Å². The molecule has 2 aromatic rings. The van der Waals surface area contributed by atoms with Crippen molar-refractivity contribution in [2.45, 2.75) is 25.3 Å². The number of nitrogens with zero attached hydrogens (tertiary/aromatic N) is 2. The van der Waals surface area contributed by atoms with E-state index < -0.39 is 27.1 Å². The Morgan fingerprint density at radius 2 is 1.68 bits per heavy atom. The number of nitro benzene ring substituents is 2. The molecule has 8 heteroatoms. The number of nitro groups is 2. The molecule has 0 bridgehead atoms. The van der Waals surface area contributed by atoms with E-state index in [1.807, 2.05) is 31.2 Å². The number of nitrogens with one attached hydrogen (secondary N) is 1. The maximum atomic E-state index is 12.5. The van der Waals surface area contributed by atoms with Gasteiger partial charge in [0.1, 0.15) is 0 Å². The lowest BCUT2D eigenvalue weighted by atomic mass is 10.0. The van der Waals surface area contributed by atoms with Crippen LogP contribution in [-0.2, 0) is 6.42 Å². The minimum absolute atomic E-state index is 0.0915. The van der Waals surface area contributed by atoms with Gasteiger partial charge in [0, 0.05) is 24.1 Å². The molecular weight excluding hydrogens is 326 g/mol. The monoisotopic (exact) mass is 341 g/mol. The molecule has 0 fully saturated rings. The number of fused-ring (bicyclic) bond motifs is 1. The molecule has 1 amide bonds. The van der Waals surface area contributed by atoms with Crippen LogP contribution >= 0.6 is 0 Å². The molecule has 0 saturated carbocycles. The van der Waals surface area contributed by atoms with E-state index >= 15 is 0 Å². The zero-order valence-electron chi connectivity index (χ0n) is 13.3. The molecule has 0 heterocycles. The summed E-state index contributed by atoms with van der Waals surface area (Å²) in [6.07, 6.45) is 0.653. The minimum atomic E-state index is -0.752. The van der Waals surface area contributed by atoms with E-state index in [2.05, 4.69) is 5.32 Å². The van der Waals surface area contributed by atoms with Crippen molar-refractivity contribution in [2.24, 2.45) is 0 Å². The van der Waals surface area contributed by atoms with E-state index in [4.69, 9.17) is 0 Å². The third-order valence-corrected chi connectivity index (χ3v) is 4.49. The van der Waals surface area contributed by atoms with E-state index in [0.29, 0.717) is 6.42 Å². The Morgan fingerprint density at radius 1 is 1.08 bits per heavy atom. The van der Waals surface area contributed by atoms with E-state index in [-0.39, 0.29) is 17.5 Å². The van der Waals surface area contributed by atoms with E-state index in [9.17, 15) is 25.0 Å². The average molecular weight is 341 g/mol. The van der Waals surface area contributed by atoms with Crippen LogP contribution in [0.4, 0.5) is 11.4 Å². The molecule has 25 heavy (non-hydrogen) atoms. The van der Waals surface area contributed by atoms with Gasteiger partial charge in [-0.2, -0.15) is 0 Å². The summed E-state index contributed by atoms with van der Waals surface area (Å²) in [5.74, 6) is -0.467. The number of carbonyl (C=O) groups excluding carboxylic acids is 1. The van der Waals surface area contributed by atoms with Gasteiger partial charge in [-0.05, 0) is 17.5 Å². The van der Waals surface area contributed by atoms with Gasteiger partial charge in [-0.25, -0.2) is 0 Å². The van der Waals surface area contributed by atoms with Crippen LogP contribution in [0.25, 0.3) is 0 Å². The Labute approximate surface area is 142 Å². The molecule has 0 aromatic heterocycles. The number of benzene rings is 2. The summed E-state index contributed by atoms with van der Waals surface area (Å²) < 4.78 is 0. The van der Waals surface area contributed by atoms with Gasteiger partial charge in [0.15, 0.2) is 0 Å². The van der Waals surface area contributed by atoms with Crippen molar-refractivity contribution in [3.63, 3.8) is 0 Å². The predicted molar refractivity (Wildman–Crippen MR) is 89.6 cm³/mol. The van der Waals surface area contributed by atoms with Crippen molar-refractivity contribution in [3.05, 3.63) is 79.4 Å². The molecule has 0 spiro atoms. The van der Waals surface area contributed by atoms with Gasteiger partial charge in [0.2, 0.25) is 0 Å². The first-order valence-electron chi connectivity index (χ1n) is 7.69. The van der Waals surface area contributed by atoms with E-state index in [1.165, 1.54) is 0 Å². The SMILES string of the molecule is C[C@H]1c2ccccc2C[C@H]1NC(=O)c1cc([N+](=O)[O-])cc([N+](=O)[O-])c1. The van der Waals surface area contributed by atoms with Crippen molar-refractivity contribution < 1.29 is 14.6 Å². The van der Waals surface area contributed by atoms with Crippen LogP contribution in [0.2, 0.25) is 0 Å². The average Bonchev–Trinajstić information content (AvgIpc) is 2.90. The number of carbonyl (C=O) groups is 1. The number of non-ortho nitro benzene ring substituents is 2. The highest BCUT2D eigenvalue weighted by molar-refractivity contribution is 5.96. The largest absolute Gasteiger partial charge is 0.348 e. The third kappa shape index (κ3) is 3.18. The smallest absolute Gasteiger partial charge is 0.277 e. The fourth-order valence-electron chi connectivity index (χ4n) is 3.16. The third-order valence-electron chi connectivity index (χ3n) is 4.49. The maximum Gasteiger partial charge on any atom is 0.277 e. The lowest BCUT2D eigenvalue weighted by molar-refractivity contribution is -0.394. The standard InChI is InChI=1S/C17H15N3O5/c1-10-15-5-3-2-4-11(15)8-16(10)18-17(21)12-6-13(19(22)23)9-14(7-12)20(24)25/h2-7,9-10,16H,8H2,1H3,(H,18,21)/t10-,16+/m0/s1. The van der Waals surface area contributed by atoms with Crippen LogP contribution in [0.3, 0.4) is 0 Å². The highest BCUT2D eigenvalue weighted by atomic mass is 16.6. The summed E-state index contributed by atoms with van der Waals surface area (Å²) in [7, 11) is 0. The molecular formula is C17H15N3O5. The van der Waals surface area contributed by atoms with Crippen molar-refractivity contribution in [2.75, 3.05) is 0 Å². The number of rotatable bonds is 4. The first kappa shape index (κ1) is 16.6. The lowest BCUT2D eigenvalue weighted by Crippen LogP contribution is -2.37. The van der Waals surface area contributed by atoms with Crippen LogP contribution in [0.1, 0.15) is 34.3 Å². The second-order valence-electron chi connectivity index (χ2n) is 6.02. The highest BCUT2D eigenvalue weighted by Crippen LogP contribution is 2.33. The first-order chi connectivity index (χ1) is 11.9. The predicted octanol–water partition coefficient (Wildman–Crippen LogP) is 2.96. The molecule has 1 aliphatic rings. The molecule has 0 aliphatic heterocycles. The van der Waals surface area contributed by atoms with Crippen molar-refractivity contribution in [3.8, 4) is 0 Å². The Kier molecular flexibility index (Phi) is 4.18. The van der Waals surface area contributed by atoms with Gasteiger partial charge in [-0.15, -0.1) is 0 Å². The molecule has 0 saturated heterocycles. The van der Waals surface area contributed by atoms with Gasteiger partial charge in [0.25, 0.3) is 17.3 Å². The van der Waals surface area contributed by atoms with Crippen LogP contribution in [0.5, 0.6) is 0 Å². The summed E-state index contributed by atoms with van der Waals surface area (Å²) in [4.78, 5) is 32.9. The van der Waals surface area contributed by atoms with Gasteiger partial charge >= 0.3 is 0 Å². The van der Waals surface area contributed by atoms with Crippen LogP contribution < -0.4 is 5.32 Å². The molecule has 0 unspecified atom stereocenters. The van der Waals surface area contributed by atoms with Crippen LogP contribution in [0, 0.1) is 20.2 Å². The summed E-state index contributed by atoms with van der Waals surface area (Å²) in [5.41, 5.74) is 1.23. The molecule has 1 N–H and O–H groups in total. The highest BCUT2D eigenvalue weighted by Gasteiger charge is 2.30.